The summed E-state index contributed by atoms with van der Waals surface area (Å²) in [6, 6.07) is 4.41. The van der Waals surface area contributed by atoms with E-state index < -0.39 is 10.8 Å². The van der Waals surface area contributed by atoms with Gasteiger partial charge in [-0.2, -0.15) is 0 Å². The van der Waals surface area contributed by atoms with E-state index in [4.69, 9.17) is 11.6 Å². The number of nitrogens with zero attached hydrogens (tertiary/aromatic N) is 3. The molecular weight excluding hydrogens is 284 g/mol. The first-order valence-electron chi connectivity index (χ1n) is 5.52. The fraction of sp³-hybridized carbons (Fsp3) is 0.0833. The molecule has 0 bridgehead atoms. The summed E-state index contributed by atoms with van der Waals surface area (Å²) < 4.78 is 0. The smallest absolute Gasteiger partial charge is 0.282 e. The third kappa shape index (κ3) is 2.89. The van der Waals surface area contributed by atoms with Gasteiger partial charge in [-0.1, -0.05) is 23.7 Å². The second kappa shape index (κ2) is 5.62. The number of aromatic nitrogens is 2. The Hall–Kier alpha value is -2.54. The SMILES string of the molecule is Cc1cccc([N+](=O)[O-])c1C(=O)Nc1cnc(Cl)cn1. The Morgan fingerprint density at radius 1 is 1.35 bits per heavy atom. The maximum Gasteiger partial charge on any atom is 0.282 e. The van der Waals surface area contributed by atoms with Crippen LogP contribution in [0.15, 0.2) is 30.6 Å². The summed E-state index contributed by atoms with van der Waals surface area (Å²) in [5, 5.41) is 13.6. The lowest BCUT2D eigenvalue weighted by Crippen LogP contribution is -2.16. The van der Waals surface area contributed by atoms with E-state index in [1.165, 1.54) is 24.5 Å². The normalized spacial score (nSPS) is 10.1. The molecule has 0 atom stereocenters. The molecule has 2 aromatic rings. The number of nitrogens with one attached hydrogen (secondary N) is 1. The maximum absolute atomic E-state index is 12.1. The minimum absolute atomic E-state index is 0.00532. The third-order valence-electron chi connectivity index (χ3n) is 2.54. The average Bonchev–Trinajstić information content (AvgIpc) is 2.40. The largest absolute Gasteiger partial charge is 0.305 e. The Labute approximate surface area is 118 Å². The molecule has 20 heavy (non-hydrogen) atoms. The van der Waals surface area contributed by atoms with Gasteiger partial charge in [0.05, 0.1) is 17.3 Å². The molecule has 1 heterocycles. The molecule has 0 fully saturated rings. The molecule has 102 valence electrons. The van der Waals surface area contributed by atoms with E-state index in [0.29, 0.717) is 5.56 Å². The Bertz CT molecular complexity index is 673. The number of rotatable bonds is 3. The van der Waals surface area contributed by atoms with Gasteiger partial charge in [-0.25, -0.2) is 9.97 Å². The lowest BCUT2D eigenvalue weighted by atomic mass is 10.1. The van der Waals surface area contributed by atoms with Crippen molar-refractivity contribution in [2.24, 2.45) is 0 Å². The lowest BCUT2D eigenvalue weighted by molar-refractivity contribution is -0.385. The third-order valence-corrected chi connectivity index (χ3v) is 2.73. The second-order valence-electron chi connectivity index (χ2n) is 3.90. The highest BCUT2D eigenvalue weighted by Gasteiger charge is 2.22. The van der Waals surface area contributed by atoms with Crippen LogP contribution < -0.4 is 5.32 Å². The molecule has 1 aromatic carbocycles. The Balaban J connectivity index is 2.34. The van der Waals surface area contributed by atoms with Crippen LogP contribution in [-0.2, 0) is 0 Å². The zero-order chi connectivity index (χ0) is 14.7. The summed E-state index contributed by atoms with van der Waals surface area (Å²) in [5.41, 5.74) is 0.234. The summed E-state index contributed by atoms with van der Waals surface area (Å²) >= 11 is 5.58. The number of nitro groups is 1. The highest BCUT2D eigenvalue weighted by Crippen LogP contribution is 2.22. The zero-order valence-electron chi connectivity index (χ0n) is 10.3. The standard InChI is InChI=1S/C12H9ClN4O3/c1-7-3-2-4-8(17(19)20)11(7)12(18)16-10-6-14-9(13)5-15-10/h2-6H,1H3,(H,15,16,18). The van der Waals surface area contributed by atoms with Gasteiger partial charge in [0.15, 0.2) is 5.82 Å². The van der Waals surface area contributed by atoms with Gasteiger partial charge in [0.2, 0.25) is 0 Å². The zero-order valence-corrected chi connectivity index (χ0v) is 11.1. The first-order valence-corrected chi connectivity index (χ1v) is 5.89. The van der Waals surface area contributed by atoms with E-state index in [-0.39, 0.29) is 22.2 Å². The molecule has 0 aliphatic rings. The number of anilines is 1. The number of hydrogen-bond donors (Lipinski definition) is 1. The Morgan fingerprint density at radius 2 is 2.10 bits per heavy atom. The van der Waals surface area contributed by atoms with Gasteiger partial charge in [-0.3, -0.25) is 14.9 Å². The fourth-order valence-electron chi connectivity index (χ4n) is 1.66. The highest BCUT2D eigenvalue weighted by molar-refractivity contribution is 6.29. The summed E-state index contributed by atoms with van der Waals surface area (Å²) in [4.78, 5) is 30.1. The quantitative estimate of drug-likeness (QED) is 0.692. The van der Waals surface area contributed by atoms with E-state index in [2.05, 4.69) is 15.3 Å². The molecule has 1 amide bonds. The van der Waals surface area contributed by atoms with Crippen molar-refractivity contribution in [2.45, 2.75) is 6.92 Å². The van der Waals surface area contributed by atoms with Gasteiger partial charge in [0.25, 0.3) is 11.6 Å². The summed E-state index contributed by atoms with van der Waals surface area (Å²) in [6.45, 7) is 1.62. The van der Waals surface area contributed by atoms with Crippen molar-refractivity contribution in [1.29, 1.82) is 0 Å². The van der Waals surface area contributed by atoms with Crippen LogP contribution in [0.1, 0.15) is 15.9 Å². The number of hydrogen-bond acceptors (Lipinski definition) is 5. The summed E-state index contributed by atoms with van der Waals surface area (Å²) in [6.07, 6.45) is 2.54. The molecule has 0 unspecified atom stereocenters. The number of halogens is 1. The molecule has 2 rings (SSSR count). The van der Waals surface area contributed by atoms with Gasteiger partial charge in [0, 0.05) is 6.07 Å². The number of benzene rings is 1. The highest BCUT2D eigenvalue weighted by atomic mass is 35.5. The van der Waals surface area contributed by atoms with E-state index in [1.807, 2.05) is 0 Å². The molecule has 1 aromatic heterocycles. The monoisotopic (exact) mass is 292 g/mol. The molecule has 8 heteroatoms. The molecule has 1 N–H and O–H groups in total. The molecule has 0 aliphatic carbocycles. The number of carbonyl (C=O) groups excluding carboxylic acids is 1. The van der Waals surface area contributed by atoms with Crippen molar-refractivity contribution in [1.82, 2.24) is 9.97 Å². The number of aryl methyl sites for hydroxylation is 1. The van der Waals surface area contributed by atoms with Crippen molar-refractivity contribution in [3.8, 4) is 0 Å². The van der Waals surface area contributed by atoms with Gasteiger partial charge >= 0.3 is 0 Å². The Kier molecular flexibility index (Phi) is 3.90. The van der Waals surface area contributed by atoms with Crippen LogP contribution in [0.4, 0.5) is 11.5 Å². The number of amides is 1. The predicted molar refractivity (Wildman–Crippen MR) is 72.8 cm³/mol. The van der Waals surface area contributed by atoms with Crippen LogP contribution in [-0.4, -0.2) is 20.8 Å². The van der Waals surface area contributed by atoms with Crippen molar-refractivity contribution in [2.75, 3.05) is 5.32 Å². The van der Waals surface area contributed by atoms with Gasteiger partial charge in [-0.05, 0) is 12.5 Å². The molecule has 0 radical (unpaired) electrons. The van der Waals surface area contributed by atoms with Crippen LogP contribution in [0.3, 0.4) is 0 Å². The van der Waals surface area contributed by atoms with Gasteiger partial charge in [-0.15, -0.1) is 0 Å². The number of nitro benzene ring substituents is 1. The molecule has 7 nitrogen and oxygen atoms in total. The molecule has 0 saturated heterocycles. The van der Waals surface area contributed by atoms with Crippen molar-refractivity contribution in [3.63, 3.8) is 0 Å². The maximum atomic E-state index is 12.1. The van der Waals surface area contributed by atoms with E-state index >= 15 is 0 Å². The lowest BCUT2D eigenvalue weighted by Gasteiger charge is -2.07. The molecule has 0 spiro atoms. The van der Waals surface area contributed by atoms with Gasteiger partial charge in [0.1, 0.15) is 10.7 Å². The first kappa shape index (κ1) is 13.9. The molecular formula is C12H9ClN4O3. The fourth-order valence-corrected chi connectivity index (χ4v) is 1.75. The second-order valence-corrected chi connectivity index (χ2v) is 4.29. The first-order chi connectivity index (χ1) is 9.49. The van der Waals surface area contributed by atoms with Gasteiger partial charge < -0.3 is 5.32 Å². The van der Waals surface area contributed by atoms with Crippen molar-refractivity contribution < 1.29 is 9.72 Å². The van der Waals surface area contributed by atoms with Crippen LogP contribution in [0, 0.1) is 17.0 Å². The van der Waals surface area contributed by atoms with Crippen LogP contribution in [0.25, 0.3) is 0 Å². The summed E-state index contributed by atoms with van der Waals surface area (Å²) in [7, 11) is 0. The van der Waals surface area contributed by atoms with Crippen LogP contribution >= 0.6 is 11.6 Å². The van der Waals surface area contributed by atoms with E-state index in [9.17, 15) is 14.9 Å². The van der Waals surface area contributed by atoms with E-state index in [1.54, 1.807) is 13.0 Å². The minimum atomic E-state index is -0.619. The molecule has 0 aliphatic heterocycles. The summed E-state index contributed by atoms with van der Waals surface area (Å²) in [5.74, 6) is -0.455. The van der Waals surface area contributed by atoms with Crippen LogP contribution in [0.5, 0.6) is 0 Å². The van der Waals surface area contributed by atoms with E-state index in [0.717, 1.165) is 0 Å². The topological polar surface area (TPSA) is 98.0 Å². The predicted octanol–water partition coefficient (Wildman–Crippen LogP) is 2.60. The Morgan fingerprint density at radius 3 is 2.70 bits per heavy atom. The van der Waals surface area contributed by atoms with Crippen molar-refractivity contribution in [3.05, 3.63) is 57.0 Å². The average molecular weight is 293 g/mol. The number of carbonyl (C=O) groups is 1. The minimum Gasteiger partial charge on any atom is -0.305 e. The molecule has 0 saturated carbocycles. The van der Waals surface area contributed by atoms with Crippen molar-refractivity contribution >= 4 is 29.0 Å². The van der Waals surface area contributed by atoms with Crippen LogP contribution in [0.2, 0.25) is 5.15 Å².